The molecule has 1 aliphatic heterocycles. The van der Waals surface area contributed by atoms with Gasteiger partial charge in [-0.25, -0.2) is 4.79 Å². The van der Waals surface area contributed by atoms with Crippen molar-refractivity contribution in [3.8, 4) is 11.5 Å². The van der Waals surface area contributed by atoms with Crippen LogP contribution in [0.4, 0.5) is 4.79 Å². The third-order valence-corrected chi connectivity index (χ3v) is 4.90. The number of amides is 4. The molecule has 3 rings (SSSR count). The Morgan fingerprint density at radius 1 is 1.03 bits per heavy atom. The fourth-order valence-corrected chi connectivity index (χ4v) is 3.26. The molecular formula is C22H25N3O5. The van der Waals surface area contributed by atoms with Gasteiger partial charge >= 0.3 is 6.03 Å². The zero-order valence-corrected chi connectivity index (χ0v) is 17.0. The van der Waals surface area contributed by atoms with Gasteiger partial charge in [-0.15, -0.1) is 0 Å². The van der Waals surface area contributed by atoms with Crippen molar-refractivity contribution >= 4 is 17.8 Å². The van der Waals surface area contributed by atoms with Gasteiger partial charge in [0.25, 0.3) is 5.91 Å². The molecule has 8 nitrogen and oxygen atoms in total. The van der Waals surface area contributed by atoms with Crippen LogP contribution in [0.15, 0.2) is 48.5 Å². The fourth-order valence-electron chi connectivity index (χ4n) is 3.26. The quantitative estimate of drug-likeness (QED) is 0.614. The lowest BCUT2D eigenvalue weighted by Gasteiger charge is -2.14. The molecule has 1 unspecified atom stereocenters. The molecule has 2 N–H and O–H groups in total. The summed E-state index contributed by atoms with van der Waals surface area (Å²) in [6.45, 7) is 0.583. The second kappa shape index (κ2) is 9.78. The standard InChI is InChI=1S/C22H25N3O5/c1-29-18-9-8-15(12-19(18)30-2)10-11-25-21(27)17(24-22(25)28)13-20(26)23-14-16-6-4-3-5-7-16/h3-9,12,17H,10-11,13-14H2,1-2H3,(H,23,26)(H,24,28). The van der Waals surface area contributed by atoms with Crippen molar-refractivity contribution in [1.82, 2.24) is 15.5 Å². The highest BCUT2D eigenvalue weighted by Gasteiger charge is 2.38. The van der Waals surface area contributed by atoms with Crippen LogP contribution in [0.3, 0.4) is 0 Å². The summed E-state index contributed by atoms with van der Waals surface area (Å²) in [7, 11) is 3.10. The first-order chi connectivity index (χ1) is 14.5. The Kier molecular flexibility index (Phi) is 6.90. The van der Waals surface area contributed by atoms with Crippen LogP contribution in [0, 0.1) is 0 Å². The van der Waals surface area contributed by atoms with Gasteiger partial charge in [-0.1, -0.05) is 36.4 Å². The summed E-state index contributed by atoms with van der Waals surface area (Å²) < 4.78 is 10.5. The third-order valence-electron chi connectivity index (χ3n) is 4.90. The van der Waals surface area contributed by atoms with Crippen molar-refractivity contribution in [2.45, 2.75) is 25.4 Å². The molecule has 2 aromatic carbocycles. The molecule has 0 radical (unpaired) electrons. The summed E-state index contributed by atoms with van der Waals surface area (Å²) in [6.07, 6.45) is 0.372. The molecule has 1 aliphatic rings. The fraction of sp³-hybridized carbons (Fsp3) is 0.318. The molecule has 4 amide bonds. The van der Waals surface area contributed by atoms with Gasteiger partial charge in [-0.2, -0.15) is 0 Å². The molecule has 0 aromatic heterocycles. The Balaban J connectivity index is 1.52. The van der Waals surface area contributed by atoms with Crippen LogP contribution in [0.2, 0.25) is 0 Å². The Labute approximate surface area is 175 Å². The van der Waals surface area contributed by atoms with Crippen LogP contribution in [-0.4, -0.2) is 49.6 Å². The molecule has 1 atom stereocenters. The predicted molar refractivity (Wildman–Crippen MR) is 110 cm³/mol. The van der Waals surface area contributed by atoms with E-state index < -0.39 is 18.0 Å². The first-order valence-corrected chi connectivity index (χ1v) is 9.65. The summed E-state index contributed by atoms with van der Waals surface area (Å²) in [5.41, 5.74) is 1.86. The van der Waals surface area contributed by atoms with Crippen LogP contribution in [0.25, 0.3) is 0 Å². The van der Waals surface area contributed by atoms with E-state index in [-0.39, 0.29) is 18.9 Å². The van der Waals surface area contributed by atoms with E-state index in [2.05, 4.69) is 10.6 Å². The maximum absolute atomic E-state index is 12.6. The molecule has 1 heterocycles. The number of nitrogens with zero attached hydrogens (tertiary/aromatic N) is 1. The predicted octanol–water partition coefficient (Wildman–Crippen LogP) is 1.87. The van der Waals surface area contributed by atoms with Crippen LogP contribution in [-0.2, 0) is 22.6 Å². The zero-order valence-electron chi connectivity index (χ0n) is 17.0. The van der Waals surface area contributed by atoms with Crippen LogP contribution in [0.1, 0.15) is 17.5 Å². The number of urea groups is 1. The molecule has 0 spiro atoms. The van der Waals surface area contributed by atoms with Gasteiger partial charge in [0.15, 0.2) is 11.5 Å². The smallest absolute Gasteiger partial charge is 0.324 e. The number of hydrogen-bond donors (Lipinski definition) is 2. The Bertz CT molecular complexity index is 916. The molecule has 1 fully saturated rings. The minimum absolute atomic E-state index is 0.0930. The number of nitrogens with one attached hydrogen (secondary N) is 2. The topological polar surface area (TPSA) is 97.0 Å². The zero-order chi connectivity index (χ0) is 21.5. The van der Waals surface area contributed by atoms with E-state index in [4.69, 9.17) is 9.47 Å². The number of benzene rings is 2. The highest BCUT2D eigenvalue weighted by molar-refractivity contribution is 6.05. The highest BCUT2D eigenvalue weighted by atomic mass is 16.5. The van der Waals surface area contributed by atoms with Crippen molar-refractivity contribution in [2.75, 3.05) is 20.8 Å². The molecule has 0 aliphatic carbocycles. The normalized spacial score (nSPS) is 15.7. The lowest BCUT2D eigenvalue weighted by Crippen LogP contribution is -2.36. The lowest BCUT2D eigenvalue weighted by atomic mass is 10.1. The Morgan fingerprint density at radius 2 is 1.77 bits per heavy atom. The number of hydrogen-bond acceptors (Lipinski definition) is 5. The van der Waals surface area contributed by atoms with Crippen molar-refractivity contribution in [3.63, 3.8) is 0 Å². The van der Waals surface area contributed by atoms with Gasteiger partial charge in [-0.05, 0) is 29.7 Å². The van der Waals surface area contributed by atoms with Gasteiger partial charge in [0.1, 0.15) is 6.04 Å². The minimum atomic E-state index is -0.848. The van der Waals surface area contributed by atoms with Gasteiger partial charge < -0.3 is 20.1 Å². The van der Waals surface area contributed by atoms with Gasteiger partial charge in [0.05, 0.1) is 20.6 Å². The average Bonchev–Trinajstić information content (AvgIpc) is 3.03. The molecule has 158 valence electrons. The summed E-state index contributed by atoms with van der Waals surface area (Å²) in [6, 6.07) is 13.6. The van der Waals surface area contributed by atoms with E-state index >= 15 is 0 Å². The van der Waals surface area contributed by atoms with E-state index in [9.17, 15) is 14.4 Å². The summed E-state index contributed by atoms with van der Waals surface area (Å²) in [5.74, 6) is 0.507. The maximum Gasteiger partial charge on any atom is 0.324 e. The molecule has 1 saturated heterocycles. The lowest BCUT2D eigenvalue weighted by molar-refractivity contribution is -0.130. The number of rotatable bonds is 9. The minimum Gasteiger partial charge on any atom is -0.493 e. The monoisotopic (exact) mass is 411 g/mol. The highest BCUT2D eigenvalue weighted by Crippen LogP contribution is 2.27. The van der Waals surface area contributed by atoms with Crippen molar-refractivity contribution in [2.24, 2.45) is 0 Å². The van der Waals surface area contributed by atoms with Crippen molar-refractivity contribution in [1.29, 1.82) is 0 Å². The van der Waals surface area contributed by atoms with Gasteiger partial charge in [0.2, 0.25) is 5.91 Å². The first-order valence-electron chi connectivity index (χ1n) is 9.65. The summed E-state index contributed by atoms with van der Waals surface area (Å²) in [5, 5.41) is 5.36. The van der Waals surface area contributed by atoms with Crippen LogP contribution in [0.5, 0.6) is 11.5 Å². The third kappa shape index (κ3) is 5.08. The number of carbonyl (C=O) groups is 3. The molecule has 0 saturated carbocycles. The van der Waals surface area contributed by atoms with Crippen molar-refractivity contribution < 1.29 is 23.9 Å². The largest absolute Gasteiger partial charge is 0.493 e. The molecular weight excluding hydrogens is 386 g/mol. The van der Waals surface area contributed by atoms with E-state index in [1.165, 1.54) is 0 Å². The Hall–Kier alpha value is -3.55. The van der Waals surface area contributed by atoms with E-state index in [0.717, 1.165) is 16.0 Å². The van der Waals surface area contributed by atoms with E-state index in [1.807, 2.05) is 42.5 Å². The second-order valence-corrected chi connectivity index (χ2v) is 6.90. The average molecular weight is 411 g/mol. The van der Waals surface area contributed by atoms with Crippen LogP contribution < -0.4 is 20.1 Å². The number of imide groups is 1. The number of ether oxygens (including phenoxy) is 2. The first kappa shape index (κ1) is 21.2. The van der Waals surface area contributed by atoms with Gasteiger partial charge in [0, 0.05) is 13.1 Å². The molecule has 30 heavy (non-hydrogen) atoms. The number of carbonyl (C=O) groups excluding carboxylic acids is 3. The molecule has 8 heteroatoms. The van der Waals surface area contributed by atoms with Gasteiger partial charge in [-0.3, -0.25) is 14.5 Å². The maximum atomic E-state index is 12.6. The SMILES string of the molecule is COc1ccc(CCN2C(=O)NC(CC(=O)NCc3ccccc3)C2=O)cc1OC. The summed E-state index contributed by atoms with van der Waals surface area (Å²) >= 11 is 0. The van der Waals surface area contributed by atoms with Crippen molar-refractivity contribution in [3.05, 3.63) is 59.7 Å². The van der Waals surface area contributed by atoms with Crippen LogP contribution >= 0.6 is 0 Å². The Morgan fingerprint density at radius 3 is 2.47 bits per heavy atom. The van der Waals surface area contributed by atoms with E-state index in [0.29, 0.717) is 24.5 Å². The molecule has 0 bridgehead atoms. The summed E-state index contributed by atoms with van der Waals surface area (Å²) in [4.78, 5) is 38.1. The second-order valence-electron chi connectivity index (χ2n) is 6.90. The molecule has 2 aromatic rings. The number of methoxy groups -OCH3 is 2. The van der Waals surface area contributed by atoms with E-state index in [1.54, 1.807) is 20.3 Å².